The summed E-state index contributed by atoms with van der Waals surface area (Å²) in [7, 11) is 0. The van der Waals surface area contributed by atoms with E-state index >= 15 is 0 Å². The molecule has 0 spiro atoms. The van der Waals surface area contributed by atoms with Gasteiger partial charge in [-0.3, -0.25) is 0 Å². The van der Waals surface area contributed by atoms with Crippen molar-refractivity contribution in [3.63, 3.8) is 0 Å². The zero-order chi connectivity index (χ0) is 20.1. The maximum absolute atomic E-state index is 13.2. The summed E-state index contributed by atoms with van der Waals surface area (Å²) >= 11 is 0. The molecule has 138 valence electrons. The van der Waals surface area contributed by atoms with E-state index < -0.39 is 11.7 Å². The molecule has 0 aromatic heterocycles. The van der Waals surface area contributed by atoms with Gasteiger partial charge in [0, 0.05) is 22.3 Å². The minimum Gasteiger partial charge on any atom is -0.166 e. The number of alkyl halides is 3. The summed E-state index contributed by atoms with van der Waals surface area (Å²) in [5, 5.41) is 0. The highest BCUT2D eigenvalue weighted by molar-refractivity contribution is 5.50. The van der Waals surface area contributed by atoms with E-state index in [1.54, 1.807) is 25.1 Å². The van der Waals surface area contributed by atoms with Crippen LogP contribution in [0.1, 0.15) is 38.9 Å². The van der Waals surface area contributed by atoms with Gasteiger partial charge in [0.05, 0.1) is 5.56 Å². The number of benzene rings is 3. The molecule has 0 N–H and O–H groups in total. The fourth-order valence-corrected chi connectivity index (χ4v) is 2.56. The van der Waals surface area contributed by atoms with Gasteiger partial charge in [0.2, 0.25) is 0 Å². The topological polar surface area (TPSA) is 0 Å². The van der Waals surface area contributed by atoms with Crippen molar-refractivity contribution in [1.29, 1.82) is 0 Å². The normalized spacial score (nSPS) is 10.5. The third-order valence-electron chi connectivity index (χ3n) is 4.11. The van der Waals surface area contributed by atoms with Gasteiger partial charge in [-0.15, -0.1) is 0 Å². The summed E-state index contributed by atoms with van der Waals surface area (Å²) in [6.07, 6.45) is -4.43. The number of halogens is 3. The van der Waals surface area contributed by atoms with Gasteiger partial charge in [0.15, 0.2) is 0 Å². The Morgan fingerprint density at radius 1 is 0.571 bits per heavy atom. The van der Waals surface area contributed by atoms with Crippen molar-refractivity contribution in [2.24, 2.45) is 0 Å². The minimum atomic E-state index is -4.43. The van der Waals surface area contributed by atoms with E-state index in [9.17, 15) is 13.2 Å². The van der Waals surface area contributed by atoms with Gasteiger partial charge in [-0.1, -0.05) is 53.0 Å². The molecule has 0 saturated carbocycles. The van der Waals surface area contributed by atoms with Crippen molar-refractivity contribution in [2.75, 3.05) is 0 Å². The summed E-state index contributed by atoms with van der Waals surface area (Å²) in [6.45, 7) is 3.65. The van der Waals surface area contributed by atoms with E-state index in [1.807, 2.05) is 43.3 Å². The second-order valence-electron chi connectivity index (χ2n) is 6.49. The zero-order valence-corrected chi connectivity index (χ0v) is 15.5. The lowest BCUT2D eigenvalue weighted by atomic mass is 10.0. The van der Waals surface area contributed by atoms with Crippen LogP contribution in [-0.2, 0) is 6.18 Å². The largest absolute Gasteiger partial charge is 0.417 e. The second-order valence-corrected chi connectivity index (χ2v) is 6.49. The summed E-state index contributed by atoms with van der Waals surface area (Å²) in [5.41, 5.74) is 3.37. The van der Waals surface area contributed by atoms with Crippen molar-refractivity contribution in [3.8, 4) is 23.7 Å². The monoisotopic (exact) mass is 374 g/mol. The molecule has 0 bridgehead atoms. The SMILES string of the molecule is Cc1ccc(C#Cc2ccc(C#Cc3ccc(C)cc3C(F)(F)F)cc2)cc1. The standard InChI is InChI=1S/C25H17F3/c1-18-3-6-20(7-4-18)8-9-21-10-12-22(13-11-21)14-16-23-15-5-19(2)17-24(23)25(26,27)28/h3-7,10-13,15,17H,1-2H3. The van der Waals surface area contributed by atoms with E-state index in [-0.39, 0.29) is 5.56 Å². The van der Waals surface area contributed by atoms with E-state index in [2.05, 4.69) is 23.7 Å². The van der Waals surface area contributed by atoms with Gasteiger partial charge in [0.25, 0.3) is 0 Å². The number of rotatable bonds is 0. The molecule has 0 unspecified atom stereocenters. The van der Waals surface area contributed by atoms with E-state index in [4.69, 9.17) is 0 Å². The summed E-state index contributed by atoms with van der Waals surface area (Å²) in [5.74, 6) is 11.6. The molecule has 3 rings (SSSR count). The maximum atomic E-state index is 13.2. The van der Waals surface area contributed by atoms with Gasteiger partial charge < -0.3 is 0 Å². The number of aryl methyl sites for hydroxylation is 2. The van der Waals surface area contributed by atoms with Crippen LogP contribution in [0.15, 0.2) is 66.7 Å². The van der Waals surface area contributed by atoms with Crippen LogP contribution in [0.3, 0.4) is 0 Å². The molecule has 0 aliphatic carbocycles. The third-order valence-corrected chi connectivity index (χ3v) is 4.11. The van der Waals surface area contributed by atoms with Crippen LogP contribution in [0, 0.1) is 37.5 Å². The second kappa shape index (κ2) is 8.07. The molecule has 0 radical (unpaired) electrons. The van der Waals surface area contributed by atoms with E-state index in [1.165, 1.54) is 11.6 Å². The van der Waals surface area contributed by atoms with Gasteiger partial charge in [-0.25, -0.2) is 0 Å². The van der Waals surface area contributed by atoms with Crippen LogP contribution in [0.2, 0.25) is 0 Å². The molecule has 0 heterocycles. The average molecular weight is 374 g/mol. The molecular weight excluding hydrogens is 357 g/mol. The first kappa shape index (κ1) is 19.3. The molecule has 3 aromatic carbocycles. The lowest BCUT2D eigenvalue weighted by molar-refractivity contribution is -0.137. The average Bonchev–Trinajstić information content (AvgIpc) is 2.67. The van der Waals surface area contributed by atoms with Gasteiger partial charge >= 0.3 is 6.18 Å². The Morgan fingerprint density at radius 2 is 1.00 bits per heavy atom. The molecule has 0 saturated heterocycles. The molecule has 3 heteroatoms. The molecule has 28 heavy (non-hydrogen) atoms. The van der Waals surface area contributed by atoms with E-state index in [0.29, 0.717) is 11.1 Å². The smallest absolute Gasteiger partial charge is 0.166 e. The number of hydrogen-bond donors (Lipinski definition) is 0. The molecular formula is C25H17F3. The first-order valence-corrected chi connectivity index (χ1v) is 8.70. The Bertz CT molecular complexity index is 1100. The first-order chi connectivity index (χ1) is 13.3. The van der Waals surface area contributed by atoms with Gasteiger partial charge in [0.1, 0.15) is 0 Å². The van der Waals surface area contributed by atoms with Crippen molar-refractivity contribution < 1.29 is 13.2 Å². The van der Waals surface area contributed by atoms with Crippen LogP contribution in [-0.4, -0.2) is 0 Å². The highest BCUT2D eigenvalue weighted by Gasteiger charge is 2.33. The summed E-state index contributed by atoms with van der Waals surface area (Å²) in [4.78, 5) is 0. The fourth-order valence-electron chi connectivity index (χ4n) is 2.56. The predicted octanol–water partition coefficient (Wildman–Crippen LogP) is 6.12. The van der Waals surface area contributed by atoms with Gasteiger partial charge in [-0.2, -0.15) is 13.2 Å². The highest BCUT2D eigenvalue weighted by Crippen LogP contribution is 2.32. The predicted molar refractivity (Wildman–Crippen MR) is 106 cm³/mol. The van der Waals surface area contributed by atoms with Crippen LogP contribution < -0.4 is 0 Å². The van der Waals surface area contributed by atoms with Crippen molar-refractivity contribution >= 4 is 0 Å². The molecule has 0 nitrogen and oxygen atoms in total. The van der Waals surface area contributed by atoms with Crippen LogP contribution in [0.5, 0.6) is 0 Å². The quantitative estimate of drug-likeness (QED) is 0.416. The molecule has 0 fully saturated rings. The Balaban J connectivity index is 1.81. The summed E-state index contributed by atoms with van der Waals surface area (Å²) < 4.78 is 39.5. The highest BCUT2D eigenvalue weighted by atomic mass is 19.4. The van der Waals surface area contributed by atoms with Crippen LogP contribution in [0.25, 0.3) is 0 Å². The molecule has 0 aliphatic rings. The lowest BCUT2D eigenvalue weighted by Gasteiger charge is -2.09. The van der Waals surface area contributed by atoms with Gasteiger partial charge in [-0.05, 0) is 62.4 Å². The zero-order valence-electron chi connectivity index (χ0n) is 15.5. The van der Waals surface area contributed by atoms with Crippen molar-refractivity contribution in [1.82, 2.24) is 0 Å². The third kappa shape index (κ3) is 5.06. The van der Waals surface area contributed by atoms with Crippen molar-refractivity contribution in [3.05, 3.63) is 106 Å². The van der Waals surface area contributed by atoms with Crippen LogP contribution in [0.4, 0.5) is 13.2 Å². The Labute approximate surface area is 163 Å². The van der Waals surface area contributed by atoms with Crippen LogP contribution >= 0.6 is 0 Å². The molecule has 3 aromatic rings. The Hall–Kier alpha value is -3.43. The first-order valence-electron chi connectivity index (χ1n) is 8.70. The molecule has 0 aliphatic heterocycles. The fraction of sp³-hybridized carbons (Fsp3) is 0.120. The molecule has 0 amide bonds. The lowest BCUT2D eigenvalue weighted by Crippen LogP contribution is -2.08. The van der Waals surface area contributed by atoms with E-state index in [0.717, 1.165) is 17.2 Å². The van der Waals surface area contributed by atoms with Crippen molar-refractivity contribution in [2.45, 2.75) is 20.0 Å². The molecule has 0 atom stereocenters. The number of hydrogen-bond acceptors (Lipinski definition) is 0. The minimum absolute atomic E-state index is 0.0265. The maximum Gasteiger partial charge on any atom is 0.417 e. The summed E-state index contributed by atoms with van der Waals surface area (Å²) in [6, 6.07) is 19.2. The Morgan fingerprint density at radius 3 is 1.50 bits per heavy atom. The Kier molecular flexibility index (Phi) is 5.57.